The van der Waals surface area contributed by atoms with Gasteiger partial charge in [0.05, 0.1) is 0 Å². The van der Waals surface area contributed by atoms with Crippen LogP contribution in [0.5, 0.6) is 0 Å². The summed E-state index contributed by atoms with van der Waals surface area (Å²) < 4.78 is 13.5. The lowest BCUT2D eigenvalue weighted by atomic mass is 9.98. The van der Waals surface area contributed by atoms with E-state index in [-0.39, 0.29) is 17.9 Å². The van der Waals surface area contributed by atoms with E-state index in [1.807, 2.05) is 13.0 Å². The third-order valence-electron chi connectivity index (χ3n) is 4.57. The maximum absolute atomic E-state index is 13.5. The van der Waals surface area contributed by atoms with Crippen molar-refractivity contribution >= 4 is 0 Å². The third kappa shape index (κ3) is 4.02. The minimum atomic E-state index is -0.192. The molecule has 1 fully saturated rings. The number of benzene rings is 1. The number of likely N-dealkylation sites (tertiary alicyclic amines) is 1. The zero-order valence-electron chi connectivity index (χ0n) is 13.4. The van der Waals surface area contributed by atoms with Crippen LogP contribution in [0.1, 0.15) is 38.3 Å². The molecule has 1 heterocycles. The molecule has 0 aliphatic carbocycles. The summed E-state index contributed by atoms with van der Waals surface area (Å²) >= 11 is 0. The van der Waals surface area contributed by atoms with E-state index < -0.39 is 0 Å². The van der Waals surface area contributed by atoms with Crippen LogP contribution in [0.4, 0.5) is 4.39 Å². The maximum atomic E-state index is 13.5. The Morgan fingerprint density at radius 3 is 2.86 bits per heavy atom. The molecular weight excluding hydrogens is 265 g/mol. The molecule has 0 spiro atoms. The van der Waals surface area contributed by atoms with Crippen molar-refractivity contribution in [3.05, 3.63) is 35.6 Å². The fourth-order valence-corrected chi connectivity index (χ4v) is 3.61. The highest BCUT2D eigenvalue weighted by molar-refractivity contribution is 5.21. The van der Waals surface area contributed by atoms with Crippen molar-refractivity contribution in [2.45, 2.75) is 44.8 Å². The van der Waals surface area contributed by atoms with Gasteiger partial charge in [-0.25, -0.2) is 4.39 Å². The second-order valence-electron chi connectivity index (χ2n) is 6.22. The van der Waals surface area contributed by atoms with E-state index in [0.717, 1.165) is 18.7 Å². The average Bonchev–Trinajstić information content (AvgIpc) is 2.85. The molecule has 3 atom stereocenters. The minimum absolute atomic E-state index is 0.0340. The molecule has 2 N–H and O–H groups in total. The van der Waals surface area contributed by atoms with Crippen LogP contribution < -0.4 is 5.73 Å². The number of nitrogens with zero attached hydrogens (tertiary/aromatic N) is 2. The van der Waals surface area contributed by atoms with Crippen LogP contribution >= 0.6 is 0 Å². The van der Waals surface area contributed by atoms with Gasteiger partial charge in [-0.1, -0.05) is 19.1 Å². The van der Waals surface area contributed by atoms with Gasteiger partial charge in [0.2, 0.25) is 0 Å². The van der Waals surface area contributed by atoms with E-state index in [1.54, 1.807) is 12.1 Å². The summed E-state index contributed by atoms with van der Waals surface area (Å²) in [6.45, 7) is 7.49. The first-order valence-electron chi connectivity index (χ1n) is 7.98. The first-order chi connectivity index (χ1) is 10.0. The first kappa shape index (κ1) is 16.4. The van der Waals surface area contributed by atoms with Gasteiger partial charge in [0, 0.05) is 24.7 Å². The van der Waals surface area contributed by atoms with Gasteiger partial charge < -0.3 is 5.73 Å². The Morgan fingerprint density at radius 2 is 2.24 bits per heavy atom. The van der Waals surface area contributed by atoms with Crippen molar-refractivity contribution in [2.75, 3.05) is 26.7 Å². The van der Waals surface area contributed by atoms with Gasteiger partial charge in [-0.3, -0.25) is 9.80 Å². The maximum Gasteiger partial charge on any atom is 0.123 e. The Bertz CT molecular complexity index is 449. The first-order valence-corrected chi connectivity index (χ1v) is 7.98. The van der Waals surface area contributed by atoms with Crippen molar-refractivity contribution in [1.29, 1.82) is 0 Å². The highest BCUT2D eigenvalue weighted by Gasteiger charge is 2.28. The molecule has 3 unspecified atom stereocenters. The Hall–Kier alpha value is -0.970. The minimum Gasteiger partial charge on any atom is -0.326 e. The van der Waals surface area contributed by atoms with Gasteiger partial charge in [-0.05, 0) is 57.6 Å². The van der Waals surface area contributed by atoms with Crippen LogP contribution in [0.25, 0.3) is 0 Å². The number of hydrogen-bond donors (Lipinski definition) is 1. The zero-order valence-corrected chi connectivity index (χ0v) is 13.4. The van der Waals surface area contributed by atoms with E-state index in [4.69, 9.17) is 5.73 Å². The molecule has 1 saturated heterocycles. The lowest BCUT2D eigenvalue weighted by Crippen LogP contribution is -2.44. The molecule has 0 amide bonds. The third-order valence-corrected chi connectivity index (χ3v) is 4.57. The Labute approximate surface area is 127 Å². The predicted octanol–water partition coefficient (Wildman–Crippen LogP) is 2.63. The molecule has 1 aromatic rings. The number of likely N-dealkylation sites (N-methyl/N-ethyl adjacent to an activating group) is 2. The van der Waals surface area contributed by atoms with Gasteiger partial charge in [0.25, 0.3) is 0 Å². The summed E-state index contributed by atoms with van der Waals surface area (Å²) in [5.74, 6) is -0.192. The molecule has 1 aliphatic heterocycles. The molecule has 4 heteroatoms. The molecule has 118 valence electrons. The summed E-state index contributed by atoms with van der Waals surface area (Å²) in [5, 5.41) is 0. The smallest absolute Gasteiger partial charge is 0.123 e. The van der Waals surface area contributed by atoms with Crippen LogP contribution in [0.3, 0.4) is 0 Å². The molecule has 0 bridgehead atoms. The topological polar surface area (TPSA) is 32.5 Å². The number of rotatable bonds is 6. The molecule has 21 heavy (non-hydrogen) atoms. The van der Waals surface area contributed by atoms with Gasteiger partial charge in [0.1, 0.15) is 5.82 Å². The normalized spacial score (nSPS) is 22.7. The van der Waals surface area contributed by atoms with Crippen molar-refractivity contribution in [3.8, 4) is 0 Å². The van der Waals surface area contributed by atoms with E-state index in [1.165, 1.54) is 25.5 Å². The Balaban J connectivity index is 2.11. The van der Waals surface area contributed by atoms with Gasteiger partial charge in [0.15, 0.2) is 0 Å². The highest BCUT2D eigenvalue weighted by Crippen LogP contribution is 2.26. The van der Waals surface area contributed by atoms with Crippen LogP contribution in [0.2, 0.25) is 0 Å². The molecule has 0 saturated carbocycles. The number of hydrogen-bond acceptors (Lipinski definition) is 3. The fraction of sp³-hybridized carbons (Fsp3) is 0.647. The van der Waals surface area contributed by atoms with Crippen LogP contribution in [-0.2, 0) is 0 Å². The summed E-state index contributed by atoms with van der Waals surface area (Å²) in [7, 11) is 2.10. The largest absolute Gasteiger partial charge is 0.326 e. The molecule has 0 radical (unpaired) electrons. The lowest BCUT2D eigenvalue weighted by Gasteiger charge is -2.35. The van der Waals surface area contributed by atoms with Crippen molar-refractivity contribution in [1.82, 2.24) is 9.80 Å². The summed E-state index contributed by atoms with van der Waals surface area (Å²) in [6, 6.07) is 7.44. The molecule has 1 aromatic carbocycles. The molecule has 1 aliphatic rings. The summed E-state index contributed by atoms with van der Waals surface area (Å²) in [5.41, 5.74) is 7.15. The van der Waals surface area contributed by atoms with Crippen LogP contribution in [-0.4, -0.2) is 48.6 Å². The average molecular weight is 293 g/mol. The Kier molecular flexibility index (Phi) is 5.73. The molecule has 2 rings (SSSR count). The number of nitrogens with two attached hydrogens (primary N) is 1. The van der Waals surface area contributed by atoms with Crippen molar-refractivity contribution in [3.63, 3.8) is 0 Å². The second kappa shape index (κ2) is 7.34. The molecule has 0 aromatic heterocycles. The van der Waals surface area contributed by atoms with E-state index >= 15 is 0 Å². The standard InChI is InChI=1S/C17H28FN3/c1-4-21-10-6-9-16(21)12-20(3)17(13(2)19)14-7-5-8-15(18)11-14/h5,7-8,11,13,16-17H,4,6,9-10,12,19H2,1-3H3. The lowest BCUT2D eigenvalue weighted by molar-refractivity contribution is 0.151. The number of halogens is 1. The molecular formula is C17H28FN3. The fourth-order valence-electron chi connectivity index (χ4n) is 3.61. The Morgan fingerprint density at radius 1 is 1.48 bits per heavy atom. The van der Waals surface area contributed by atoms with Crippen molar-refractivity contribution < 1.29 is 4.39 Å². The predicted molar refractivity (Wildman–Crippen MR) is 85.7 cm³/mol. The summed E-state index contributed by atoms with van der Waals surface area (Å²) in [4.78, 5) is 4.82. The SMILES string of the molecule is CCN1CCCC1CN(C)C(c1cccc(F)c1)C(C)N. The van der Waals surface area contributed by atoms with E-state index in [9.17, 15) is 4.39 Å². The van der Waals surface area contributed by atoms with Gasteiger partial charge in [-0.2, -0.15) is 0 Å². The second-order valence-corrected chi connectivity index (χ2v) is 6.22. The van der Waals surface area contributed by atoms with Gasteiger partial charge in [-0.15, -0.1) is 0 Å². The molecule has 3 nitrogen and oxygen atoms in total. The monoisotopic (exact) mass is 293 g/mol. The van der Waals surface area contributed by atoms with Crippen LogP contribution in [0.15, 0.2) is 24.3 Å². The van der Waals surface area contributed by atoms with Crippen LogP contribution in [0, 0.1) is 5.82 Å². The summed E-state index contributed by atoms with van der Waals surface area (Å²) in [6.07, 6.45) is 2.52. The highest BCUT2D eigenvalue weighted by atomic mass is 19.1. The van der Waals surface area contributed by atoms with Gasteiger partial charge >= 0.3 is 0 Å². The van der Waals surface area contributed by atoms with E-state index in [0.29, 0.717) is 6.04 Å². The zero-order chi connectivity index (χ0) is 15.4. The van der Waals surface area contributed by atoms with Crippen molar-refractivity contribution in [2.24, 2.45) is 5.73 Å². The quantitative estimate of drug-likeness (QED) is 0.875. The van der Waals surface area contributed by atoms with E-state index in [2.05, 4.69) is 23.8 Å².